The lowest BCUT2D eigenvalue weighted by atomic mass is 9.91. The first kappa shape index (κ1) is 15.7. The third-order valence-electron chi connectivity index (χ3n) is 3.76. The molecule has 21 heavy (non-hydrogen) atoms. The molecule has 2 rings (SSSR count). The fourth-order valence-electron chi connectivity index (χ4n) is 2.96. The summed E-state index contributed by atoms with van der Waals surface area (Å²) in [5, 5.41) is 3.37. The molecule has 0 aliphatic rings. The monoisotopic (exact) mass is 285 g/mol. The van der Waals surface area contributed by atoms with E-state index in [1.54, 1.807) is 12.1 Å². The number of hydrogen-bond donors (Lipinski definition) is 1. The lowest BCUT2D eigenvalue weighted by Crippen LogP contribution is -2.14. The first-order valence-corrected chi connectivity index (χ1v) is 7.60. The standard InChI is InChI=1S/C19H24FN/c1-5-8-21-12-16-11-17(20)6-7-18(16)19-14(3)9-13(2)10-15(19)4/h6-7,9-11,21H,5,8,12H2,1-4H3. The van der Waals surface area contributed by atoms with Crippen molar-refractivity contribution >= 4 is 0 Å². The molecule has 0 aliphatic heterocycles. The van der Waals surface area contributed by atoms with E-state index in [9.17, 15) is 4.39 Å². The zero-order chi connectivity index (χ0) is 15.4. The topological polar surface area (TPSA) is 12.0 Å². The average molecular weight is 285 g/mol. The van der Waals surface area contributed by atoms with E-state index >= 15 is 0 Å². The Hall–Kier alpha value is -1.67. The van der Waals surface area contributed by atoms with Crippen LogP contribution in [0.4, 0.5) is 4.39 Å². The van der Waals surface area contributed by atoms with Crippen LogP contribution in [0.5, 0.6) is 0 Å². The van der Waals surface area contributed by atoms with E-state index in [4.69, 9.17) is 0 Å². The number of halogens is 1. The fourth-order valence-corrected chi connectivity index (χ4v) is 2.96. The molecule has 2 aromatic carbocycles. The molecule has 0 saturated carbocycles. The summed E-state index contributed by atoms with van der Waals surface area (Å²) in [5.74, 6) is -0.172. The highest BCUT2D eigenvalue weighted by molar-refractivity contribution is 5.74. The van der Waals surface area contributed by atoms with Gasteiger partial charge in [0, 0.05) is 6.54 Å². The zero-order valence-electron chi connectivity index (χ0n) is 13.4. The summed E-state index contributed by atoms with van der Waals surface area (Å²) in [7, 11) is 0. The van der Waals surface area contributed by atoms with Gasteiger partial charge in [-0.05, 0) is 73.7 Å². The molecule has 0 unspecified atom stereocenters. The summed E-state index contributed by atoms with van der Waals surface area (Å²) in [4.78, 5) is 0. The molecule has 0 bridgehead atoms. The van der Waals surface area contributed by atoms with E-state index in [0.29, 0.717) is 6.54 Å². The highest BCUT2D eigenvalue weighted by Crippen LogP contribution is 2.31. The summed E-state index contributed by atoms with van der Waals surface area (Å²) < 4.78 is 13.6. The van der Waals surface area contributed by atoms with Crippen LogP contribution in [-0.2, 0) is 6.54 Å². The Morgan fingerprint density at radius 1 is 1.00 bits per heavy atom. The van der Waals surface area contributed by atoms with E-state index < -0.39 is 0 Å². The second-order valence-corrected chi connectivity index (χ2v) is 5.75. The Bertz CT molecular complexity index is 608. The number of nitrogens with one attached hydrogen (secondary N) is 1. The van der Waals surface area contributed by atoms with Crippen LogP contribution in [0, 0.1) is 26.6 Å². The molecule has 0 radical (unpaired) electrons. The van der Waals surface area contributed by atoms with Crippen molar-refractivity contribution in [3.8, 4) is 11.1 Å². The summed E-state index contributed by atoms with van der Waals surface area (Å²) in [6.07, 6.45) is 1.08. The number of rotatable bonds is 5. The second-order valence-electron chi connectivity index (χ2n) is 5.75. The van der Waals surface area contributed by atoms with Crippen molar-refractivity contribution in [2.75, 3.05) is 6.54 Å². The smallest absolute Gasteiger partial charge is 0.123 e. The molecule has 0 amide bonds. The van der Waals surface area contributed by atoms with Crippen LogP contribution >= 0.6 is 0 Å². The third kappa shape index (κ3) is 3.70. The maximum Gasteiger partial charge on any atom is 0.123 e. The first-order valence-electron chi connectivity index (χ1n) is 7.60. The quantitative estimate of drug-likeness (QED) is 0.769. The number of hydrogen-bond acceptors (Lipinski definition) is 1. The normalized spacial score (nSPS) is 10.9. The summed E-state index contributed by atoms with van der Waals surface area (Å²) >= 11 is 0. The van der Waals surface area contributed by atoms with Gasteiger partial charge in [0.15, 0.2) is 0 Å². The molecule has 112 valence electrons. The van der Waals surface area contributed by atoms with E-state index in [2.05, 4.69) is 45.1 Å². The maximum atomic E-state index is 13.6. The van der Waals surface area contributed by atoms with Gasteiger partial charge >= 0.3 is 0 Å². The lowest BCUT2D eigenvalue weighted by molar-refractivity contribution is 0.619. The van der Waals surface area contributed by atoms with Crippen molar-refractivity contribution in [2.45, 2.75) is 40.7 Å². The van der Waals surface area contributed by atoms with Gasteiger partial charge in [-0.15, -0.1) is 0 Å². The van der Waals surface area contributed by atoms with Gasteiger partial charge in [0.2, 0.25) is 0 Å². The summed E-state index contributed by atoms with van der Waals surface area (Å²) in [5.41, 5.74) is 7.15. The Morgan fingerprint density at radius 2 is 1.67 bits per heavy atom. The Balaban J connectivity index is 2.48. The van der Waals surface area contributed by atoms with Crippen LogP contribution in [0.3, 0.4) is 0 Å². The minimum absolute atomic E-state index is 0.172. The van der Waals surface area contributed by atoms with Gasteiger partial charge in [-0.25, -0.2) is 4.39 Å². The maximum absolute atomic E-state index is 13.6. The van der Waals surface area contributed by atoms with Gasteiger partial charge in [0.1, 0.15) is 5.82 Å². The van der Waals surface area contributed by atoms with Crippen LogP contribution in [-0.4, -0.2) is 6.54 Å². The minimum atomic E-state index is -0.172. The second kappa shape index (κ2) is 6.86. The number of benzene rings is 2. The van der Waals surface area contributed by atoms with E-state index in [1.807, 2.05) is 6.07 Å². The van der Waals surface area contributed by atoms with Crippen molar-refractivity contribution in [2.24, 2.45) is 0 Å². The third-order valence-corrected chi connectivity index (χ3v) is 3.76. The molecular formula is C19H24FN. The van der Waals surface area contributed by atoms with Gasteiger partial charge in [-0.3, -0.25) is 0 Å². The average Bonchev–Trinajstić information content (AvgIpc) is 2.40. The molecular weight excluding hydrogens is 261 g/mol. The summed E-state index contributed by atoms with van der Waals surface area (Å²) in [6, 6.07) is 9.49. The van der Waals surface area contributed by atoms with Gasteiger partial charge in [-0.2, -0.15) is 0 Å². The predicted molar refractivity (Wildman–Crippen MR) is 88.0 cm³/mol. The molecule has 0 heterocycles. The highest BCUT2D eigenvalue weighted by Gasteiger charge is 2.11. The summed E-state index contributed by atoms with van der Waals surface area (Å²) in [6.45, 7) is 10.1. The molecule has 1 N–H and O–H groups in total. The first-order chi connectivity index (χ1) is 10.0. The Morgan fingerprint density at radius 3 is 2.29 bits per heavy atom. The van der Waals surface area contributed by atoms with Crippen molar-refractivity contribution in [3.63, 3.8) is 0 Å². The van der Waals surface area contributed by atoms with Crippen LogP contribution in [0.15, 0.2) is 30.3 Å². The van der Waals surface area contributed by atoms with Gasteiger partial charge < -0.3 is 5.32 Å². The van der Waals surface area contributed by atoms with E-state index in [1.165, 1.54) is 22.3 Å². The highest BCUT2D eigenvalue weighted by atomic mass is 19.1. The lowest BCUT2D eigenvalue weighted by Gasteiger charge is -2.16. The fraction of sp³-hybridized carbons (Fsp3) is 0.368. The van der Waals surface area contributed by atoms with Crippen LogP contribution < -0.4 is 5.32 Å². The molecule has 1 nitrogen and oxygen atoms in total. The van der Waals surface area contributed by atoms with E-state index in [-0.39, 0.29) is 5.82 Å². The van der Waals surface area contributed by atoms with Gasteiger partial charge in [0.05, 0.1) is 0 Å². The van der Waals surface area contributed by atoms with Crippen molar-refractivity contribution in [1.82, 2.24) is 5.32 Å². The Kier molecular flexibility index (Phi) is 5.13. The van der Waals surface area contributed by atoms with Crippen LogP contribution in [0.1, 0.15) is 35.6 Å². The number of aryl methyl sites for hydroxylation is 3. The largest absolute Gasteiger partial charge is 0.313 e. The molecule has 0 fully saturated rings. The molecule has 0 aromatic heterocycles. The minimum Gasteiger partial charge on any atom is -0.313 e. The van der Waals surface area contributed by atoms with Crippen molar-refractivity contribution < 1.29 is 4.39 Å². The molecule has 0 saturated heterocycles. The van der Waals surface area contributed by atoms with Crippen molar-refractivity contribution in [1.29, 1.82) is 0 Å². The zero-order valence-corrected chi connectivity index (χ0v) is 13.4. The van der Waals surface area contributed by atoms with Gasteiger partial charge in [-0.1, -0.05) is 30.7 Å². The van der Waals surface area contributed by atoms with Crippen LogP contribution in [0.2, 0.25) is 0 Å². The van der Waals surface area contributed by atoms with Crippen molar-refractivity contribution in [3.05, 3.63) is 58.4 Å². The SMILES string of the molecule is CCCNCc1cc(F)ccc1-c1c(C)cc(C)cc1C. The molecule has 0 aliphatic carbocycles. The van der Waals surface area contributed by atoms with Gasteiger partial charge in [0.25, 0.3) is 0 Å². The molecule has 2 aromatic rings. The van der Waals surface area contributed by atoms with E-state index in [0.717, 1.165) is 24.1 Å². The molecule has 0 spiro atoms. The predicted octanol–water partition coefficient (Wildman–Crippen LogP) is 4.92. The Labute approximate surface area is 127 Å². The molecule has 0 atom stereocenters. The van der Waals surface area contributed by atoms with Crippen LogP contribution in [0.25, 0.3) is 11.1 Å². The molecule has 2 heteroatoms.